The Bertz CT molecular complexity index is 693. The Morgan fingerprint density at radius 1 is 1.48 bits per heavy atom. The minimum absolute atomic E-state index is 0.252. The second-order valence-corrected chi connectivity index (χ2v) is 6.35. The number of carbonyl (C=O) groups is 1. The summed E-state index contributed by atoms with van der Waals surface area (Å²) >= 11 is 3.52. The first-order valence-corrected chi connectivity index (χ1v) is 7.88. The number of halogens is 1. The van der Waals surface area contributed by atoms with Crippen molar-refractivity contribution in [3.05, 3.63) is 45.7 Å². The quantitative estimate of drug-likeness (QED) is 0.923. The zero-order valence-corrected chi connectivity index (χ0v) is 13.8. The molecule has 1 N–H and O–H groups in total. The fraction of sp³-hybridized carbons (Fsp3) is 0.375. The summed E-state index contributed by atoms with van der Waals surface area (Å²) in [4.78, 5) is 12.4. The molecule has 3 rings (SSSR count). The van der Waals surface area contributed by atoms with Gasteiger partial charge in [-0.3, -0.25) is 9.48 Å². The lowest BCUT2D eigenvalue weighted by atomic mass is 9.94. The molecule has 0 saturated carbocycles. The molecule has 0 fully saturated rings. The number of ketones is 1. The van der Waals surface area contributed by atoms with Gasteiger partial charge in [-0.1, -0.05) is 18.2 Å². The third-order valence-corrected chi connectivity index (χ3v) is 5.07. The van der Waals surface area contributed by atoms with Gasteiger partial charge in [-0.05, 0) is 34.5 Å². The van der Waals surface area contributed by atoms with E-state index in [1.165, 1.54) is 5.56 Å². The van der Waals surface area contributed by atoms with Crippen LogP contribution in [0.4, 0.5) is 5.69 Å². The molecule has 21 heavy (non-hydrogen) atoms. The van der Waals surface area contributed by atoms with Gasteiger partial charge in [0.05, 0.1) is 15.9 Å². The molecule has 5 heteroatoms. The molecule has 2 aromatic rings. The van der Waals surface area contributed by atoms with Crippen molar-refractivity contribution >= 4 is 27.4 Å². The van der Waals surface area contributed by atoms with Crippen molar-refractivity contribution in [2.75, 3.05) is 11.9 Å². The number of anilines is 1. The maximum absolute atomic E-state index is 12.4. The van der Waals surface area contributed by atoms with Gasteiger partial charge in [0.25, 0.3) is 0 Å². The standard InChI is InChI=1S/C16H18BrN3O/c1-10-16(17)15(20(2)19-10)8-12(21)7-11-9-18-14-6-4-3-5-13(11)14/h3-6,11,18H,7-9H2,1-2H3. The van der Waals surface area contributed by atoms with Gasteiger partial charge < -0.3 is 5.32 Å². The Balaban J connectivity index is 1.71. The van der Waals surface area contributed by atoms with E-state index < -0.39 is 0 Å². The van der Waals surface area contributed by atoms with Crippen molar-refractivity contribution in [1.82, 2.24) is 9.78 Å². The van der Waals surface area contributed by atoms with Gasteiger partial charge in [0.2, 0.25) is 0 Å². The van der Waals surface area contributed by atoms with E-state index in [0.29, 0.717) is 12.8 Å². The molecule has 0 aliphatic carbocycles. The molecule has 1 aromatic heterocycles. The highest BCUT2D eigenvalue weighted by atomic mass is 79.9. The van der Waals surface area contributed by atoms with E-state index >= 15 is 0 Å². The number of carbonyl (C=O) groups excluding carboxylic acids is 1. The average molecular weight is 348 g/mol. The van der Waals surface area contributed by atoms with Crippen LogP contribution in [-0.2, 0) is 18.3 Å². The van der Waals surface area contributed by atoms with Crippen molar-refractivity contribution in [3.63, 3.8) is 0 Å². The van der Waals surface area contributed by atoms with Crippen molar-refractivity contribution in [3.8, 4) is 0 Å². The van der Waals surface area contributed by atoms with Crippen molar-refractivity contribution in [1.29, 1.82) is 0 Å². The molecule has 1 unspecified atom stereocenters. The average Bonchev–Trinajstić information content (AvgIpc) is 2.96. The van der Waals surface area contributed by atoms with E-state index in [9.17, 15) is 4.79 Å². The first-order chi connectivity index (χ1) is 10.1. The van der Waals surface area contributed by atoms with E-state index in [4.69, 9.17) is 0 Å². The number of rotatable bonds is 4. The molecule has 110 valence electrons. The Kier molecular flexibility index (Phi) is 3.85. The van der Waals surface area contributed by atoms with Gasteiger partial charge in [0.1, 0.15) is 5.78 Å². The zero-order chi connectivity index (χ0) is 15.0. The maximum atomic E-state index is 12.4. The molecule has 0 radical (unpaired) electrons. The number of hydrogen-bond acceptors (Lipinski definition) is 3. The predicted octanol–water partition coefficient (Wildman–Crippen LogP) is 3.20. The van der Waals surface area contributed by atoms with Gasteiger partial charge in [-0.2, -0.15) is 5.10 Å². The highest BCUT2D eigenvalue weighted by Gasteiger charge is 2.25. The van der Waals surface area contributed by atoms with Crippen LogP contribution in [0, 0.1) is 6.92 Å². The summed E-state index contributed by atoms with van der Waals surface area (Å²) in [7, 11) is 1.88. The number of Topliss-reactive ketones (excluding diaryl/α,β-unsaturated/α-hetero) is 1. The molecule has 0 saturated heterocycles. The van der Waals surface area contributed by atoms with E-state index in [-0.39, 0.29) is 11.7 Å². The third kappa shape index (κ3) is 2.75. The summed E-state index contributed by atoms with van der Waals surface area (Å²) in [5.41, 5.74) is 4.30. The van der Waals surface area contributed by atoms with Crippen LogP contribution in [0.25, 0.3) is 0 Å². The van der Waals surface area contributed by atoms with Crippen LogP contribution in [-0.4, -0.2) is 22.1 Å². The van der Waals surface area contributed by atoms with Gasteiger partial charge in [0.15, 0.2) is 0 Å². The number of aryl methyl sites for hydroxylation is 2. The Morgan fingerprint density at radius 2 is 2.24 bits per heavy atom. The first-order valence-electron chi connectivity index (χ1n) is 7.08. The van der Waals surface area contributed by atoms with Crippen molar-refractivity contribution in [2.24, 2.45) is 7.05 Å². The topological polar surface area (TPSA) is 46.9 Å². The normalized spacial score (nSPS) is 16.6. The lowest BCUT2D eigenvalue weighted by molar-refractivity contribution is -0.118. The van der Waals surface area contributed by atoms with Crippen LogP contribution >= 0.6 is 15.9 Å². The molecular formula is C16H18BrN3O. The molecule has 2 heterocycles. The number of fused-ring (bicyclic) bond motifs is 1. The third-order valence-electron chi connectivity index (χ3n) is 4.04. The highest BCUT2D eigenvalue weighted by Crippen LogP contribution is 2.33. The monoisotopic (exact) mass is 347 g/mol. The van der Waals surface area contributed by atoms with Gasteiger partial charge in [-0.15, -0.1) is 0 Å². The van der Waals surface area contributed by atoms with Crippen LogP contribution in [0.5, 0.6) is 0 Å². The van der Waals surface area contributed by atoms with Gasteiger partial charge in [-0.25, -0.2) is 0 Å². The SMILES string of the molecule is Cc1nn(C)c(CC(=O)CC2CNc3ccccc32)c1Br. The predicted molar refractivity (Wildman–Crippen MR) is 86.6 cm³/mol. The Hall–Kier alpha value is -1.62. The maximum Gasteiger partial charge on any atom is 0.139 e. The lowest BCUT2D eigenvalue weighted by Crippen LogP contribution is -2.13. The van der Waals surface area contributed by atoms with Crippen LogP contribution in [0.15, 0.2) is 28.7 Å². The summed E-state index contributed by atoms with van der Waals surface area (Å²) in [5, 5.41) is 7.70. The molecule has 1 aliphatic rings. The van der Waals surface area contributed by atoms with E-state index in [1.54, 1.807) is 4.68 Å². The molecule has 1 aliphatic heterocycles. The molecule has 4 nitrogen and oxygen atoms in total. The minimum Gasteiger partial charge on any atom is -0.384 e. The van der Waals surface area contributed by atoms with Crippen LogP contribution in [0.2, 0.25) is 0 Å². The van der Waals surface area contributed by atoms with E-state index in [2.05, 4.69) is 38.5 Å². The smallest absolute Gasteiger partial charge is 0.139 e. The lowest BCUT2D eigenvalue weighted by Gasteiger charge is -2.09. The van der Waals surface area contributed by atoms with E-state index in [1.807, 2.05) is 26.1 Å². The zero-order valence-electron chi connectivity index (χ0n) is 12.2. The number of nitrogens with zero attached hydrogens (tertiary/aromatic N) is 2. The Morgan fingerprint density at radius 3 is 2.95 bits per heavy atom. The molecule has 1 aromatic carbocycles. The first kappa shape index (κ1) is 14.3. The van der Waals surface area contributed by atoms with E-state index in [0.717, 1.165) is 28.1 Å². The molecular weight excluding hydrogens is 330 g/mol. The van der Waals surface area contributed by atoms with Crippen LogP contribution < -0.4 is 5.32 Å². The largest absolute Gasteiger partial charge is 0.384 e. The van der Waals surface area contributed by atoms with Gasteiger partial charge in [0, 0.05) is 38.0 Å². The summed E-state index contributed by atoms with van der Waals surface area (Å²) in [5.74, 6) is 0.531. The second-order valence-electron chi connectivity index (χ2n) is 5.55. The van der Waals surface area contributed by atoms with Crippen LogP contribution in [0.3, 0.4) is 0 Å². The fourth-order valence-electron chi connectivity index (χ4n) is 2.95. The molecule has 0 spiro atoms. The van der Waals surface area contributed by atoms with Gasteiger partial charge >= 0.3 is 0 Å². The van der Waals surface area contributed by atoms with Crippen molar-refractivity contribution in [2.45, 2.75) is 25.7 Å². The summed E-state index contributed by atoms with van der Waals surface area (Å²) in [6.07, 6.45) is 0.997. The summed E-state index contributed by atoms with van der Waals surface area (Å²) in [6.45, 7) is 2.78. The highest BCUT2D eigenvalue weighted by molar-refractivity contribution is 9.10. The van der Waals surface area contributed by atoms with Crippen molar-refractivity contribution < 1.29 is 4.79 Å². The molecule has 1 atom stereocenters. The minimum atomic E-state index is 0.252. The second kappa shape index (κ2) is 5.64. The molecule has 0 amide bonds. The number of para-hydroxylation sites is 1. The number of aromatic nitrogens is 2. The number of benzene rings is 1. The summed E-state index contributed by atoms with van der Waals surface area (Å²) in [6, 6.07) is 8.23. The fourth-order valence-corrected chi connectivity index (χ4v) is 3.42. The Labute approximate surface area is 132 Å². The number of hydrogen-bond donors (Lipinski definition) is 1. The molecule has 0 bridgehead atoms. The number of nitrogens with one attached hydrogen (secondary N) is 1. The summed E-state index contributed by atoms with van der Waals surface area (Å²) < 4.78 is 2.74. The van der Waals surface area contributed by atoms with Crippen LogP contribution in [0.1, 0.15) is 29.3 Å².